The Morgan fingerprint density at radius 1 is 1.37 bits per heavy atom. The van der Waals surface area contributed by atoms with Gasteiger partial charge in [0.05, 0.1) is 7.11 Å². The van der Waals surface area contributed by atoms with Gasteiger partial charge in [-0.3, -0.25) is 9.89 Å². The summed E-state index contributed by atoms with van der Waals surface area (Å²) in [7, 11) is 3.25. The minimum Gasteiger partial charge on any atom is -0.497 e. The number of nitrogens with two attached hydrogens (primary N) is 1. The molecular weight excluding hydrogens is 246 g/mol. The van der Waals surface area contributed by atoms with Crippen LogP contribution in [-0.2, 0) is 0 Å². The van der Waals surface area contributed by atoms with E-state index in [4.69, 9.17) is 10.5 Å². The van der Waals surface area contributed by atoms with E-state index < -0.39 is 0 Å². The van der Waals surface area contributed by atoms with Crippen LogP contribution in [0.1, 0.15) is 10.4 Å². The lowest BCUT2D eigenvalue weighted by Gasteiger charge is -2.07. The van der Waals surface area contributed by atoms with Crippen molar-refractivity contribution in [1.29, 1.82) is 0 Å². The average Bonchev–Trinajstić information content (AvgIpc) is 2.80. The molecule has 2 aromatic rings. The van der Waals surface area contributed by atoms with Crippen LogP contribution in [0.4, 0.5) is 17.3 Å². The van der Waals surface area contributed by atoms with E-state index in [9.17, 15) is 4.79 Å². The fourth-order valence-electron chi connectivity index (χ4n) is 1.63. The van der Waals surface area contributed by atoms with Gasteiger partial charge in [0.25, 0.3) is 5.91 Å². The second kappa shape index (κ2) is 5.30. The number of amides is 1. The number of anilines is 3. The maximum atomic E-state index is 12.1. The smallest absolute Gasteiger partial charge is 0.263 e. The van der Waals surface area contributed by atoms with Crippen molar-refractivity contribution in [3.8, 4) is 5.75 Å². The van der Waals surface area contributed by atoms with Gasteiger partial charge in [0.2, 0.25) is 0 Å². The minimum atomic E-state index is -0.333. The molecule has 5 N–H and O–H groups in total. The molecule has 0 atom stereocenters. The van der Waals surface area contributed by atoms with Gasteiger partial charge in [-0.25, -0.2) is 0 Å². The molecule has 7 nitrogen and oxygen atoms in total. The maximum Gasteiger partial charge on any atom is 0.263 e. The number of benzene rings is 1. The monoisotopic (exact) mass is 261 g/mol. The van der Waals surface area contributed by atoms with Gasteiger partial charge < -0.3 is 21.1 Å². The SMILES string of the molecule is CNc1n[nH]c(N)c1C(=O)Nc1ccc(OC)cc1. The summed E-state index contributed by atoms with van der Waals surface area (Å²) in [6.45, 7) is 0. The number of carbonyl (C=O) groups excluding carboxylic acids is 1. The number of nitrogen functional groups attached to an aromatic ring is 1. The van der Waals surface area contributed by atoms with Crippen LogP contribution < -0.4 is 21.1 Å². The van der Waals surface area contributed by atoms with E-state index in [2.05, 4.69) is 20.8 Å². The van der Waals surface area contributed by atoms with Crippen LogP contribution in [0, 0.1) is 0 Å². The average molecular weight is 261 g/mol. The molecule has 0 aliphatic heterocycles. The van der Waals surface area contributed by atoms with Gasteiger partial charge in [-0.15, -0.1) is 0 Å². The van der Waals surface area contributed by atoms with Crippen LogP contribution in [0.3, 0.4) is 0 Å². The largest absolute Gasteiger partial charge is 0.497 e. The number of aromatic nitrogens is 2. The van der Waals surface area contributed by atoms with Crippen LogP contribution in [-0.4, -0.2) is 30.3 Å². The number of aromatic amines is 1. The summed E-state index contributed by atoms with van der Waals surface area (Å²) in [5.74, 6) is 1.01. The highest BCUT2D eigenvalue weighted by Crippen LogP contribution is 2.21. The molecule has 7 heteroatoms. The number of H-pyrrole nitrogens is 1. The summed E-state index contributed by atoms with van der Waals surface area (Å²) >= 11 is 0. The van der Waals surface area contributed by atoms with Gasteiger partial charge in [0.15, 0.2) is 5.82 Å². The van der Waals surface area contributed by atoms with Crippen molar-refractivity contribution in [3.05, 3.63) is 29.8 Å². The first kappa shape index (κ1) is 12.7. The van der Waals surface area contributed by atoms with E-state index in [1.807, 2.05) is 0 Å². The molecule has 0 saturated carbocycles. The maximum absolute atomic E-state index is 12.1. The normalized spacial score (nSPS) is 10.0. The Labute approximate surface area is 110 Å². The first-order valence-electron chi connectivity index (χ1n) is 5.62. The Balaban J connectivity index is 2.18. The highest BCUT2D eigenvalue weighted by Gasteiger charge is 2.18. The van der Waals surface area contributed by atoms with E-state index in [0.717, 1.165) is 5.75 Å². The molecule has 0 fully saturated rings. The molecule has 1 amide bonds. The predicted octanol–water partition coefficient (Wildman–Crippen LogP) is 1.29. The number of hydrogen-bond acceptors (Lipinski definition) is 5. The van der Waals surface area contributed by atoms with Gasteiger partial charge in [0.1, 0.15) is 17.1 Å². The zero-order valence-electron chi connectivity index (χ0n) is 10.7. The number of hydrogen-bond donors (Lipinski definition) is 4. The second-order valence-electron chi connectivity index (χ2n) is 3.79. The summed E-state index contributed by atoms with van der Waals surface area (Å²) in [6, 6.07) is 7.00. The Hall–Kier alpha value is -2.70. The van der Waals surface area contributed by atoms with Crippen LogP contribution in [0.15, 0.2) is 24.3 Å². The molecule has 0 unspecified atom stereocenters. The fraction of sp³-hybridized carbons (Fsp3) is 0.167. The Kier molecular flexibility index (Phi) is 3.56. The molecule has 1 aromatic carbocycles. The first-order valence-corrected chi connectivity index (χ1v) is 5.62. The summed E-state index contributed by atoms with van der Waals surface area (Å²) in [4.78, 5) is 12.1. The Morgan fingerprint density at radius 3 is 2.63 bits per heavy atom. The summed E-state index contributed by atoms with van der Waals surface area (Å²) in [6.07, 6.45) is 0. The van der Waals surface area contributed by atoms with Gasteiger partial charge in [-0.05, 0) is 24.3 Å². The second-order valence-corrected chi connectivity index (χ2v) is 3.79. The summed E-state index contributed by atoms with van der Waals surface area (Å²) in [5.41, 5.74) is 6.62. The van der Waals surface area contributed by atoms with Crippen molar-refractivity contribution in [2.24, 2.45) is 0 Å². The third-order valence-corrected chi connectivity index (χ3v) is 2.61. The third-order valence-electron chi connectivity index (χ3n) is 2.61. The van der Waals surface area contributed by atoms with Crippen LogP contribution >= 0.6 is 0 Å². The highest BCUT2D eigenvalue weighted by atomic mass is 16.5. The van der Waals surface area contributed by atoms with Crippen molar-refractivity contribution < 1.29 is 9.53 Å². The standard InChI is InChI=1S/C12H15N5O2/c1-14-11-9(10(13)16-17-11)12(18)15-7-3-5-8(19-2)6-4-7/h3-6H,1-2H3,(H,15,18)(H4,13,14,16,17). The molecular formula is C12H15N5O2. The lowest BCUT2D eigenvalue weighted by Crippen LogP contribution is -2.14. The van der Waals surface area contributed by atoms with E-state index in [-0.39, 0.29) is 11.7 Å². The van der Waals surface area contributed by atoms with Crippen molar-refractivity contribution in [3.63, 3.8) is 0 Å². The molecule has 1 heterocycles. The zero-order valence-corrected chi connectivity index (χ0v) is 10.7. The molecule has 0 radical (unpaired) electrons. The number of carbonyl (C=O) groups is 1. The Bertz CT molecular complexity index is 576. The highest BCUT2D eigenvalue weighted by molar-refractivity contribution is 6.10. The van der Waals surface area contributed by atoms with Crippen LogP contribution in [0.5, 0.6) is 5.75 Å². The lowest BCUT2D eigenvalue weighted by atomic mass is 10.2. The van der Waals surface area contributed by atoms with Crippen molar-refractivity contribution in [2.45, 2.75) is 0 Å². The molecule has 1 aromatic heterocycles. The summed E-state index contributed by atoms with van der Waals surface area (Å²) in [5, 5.41) is 12.0. The molecule has 0 aliphatic carbocycles. The number of nitrogens with zero attached hydrogens (tertiary/aromatic N) is 1. The number of ether oxygens (including phenoxy) is 1. The predicted molar refractivity (Wildman–Crippen MR) is 73.5 cm³/mol. The van der Waals surface area contributed by atoms with Crippen LogP contribution in [0.2, 0.25) is 0 Å². The third kappa shape index (κ3) is 2.59. The number of nitrogens with one attached hydrogen (secondary N) is 3. The van der Waals surface area contributed by atoms with Crippen molar-refractivity contribution in [1.82, 2.24) is 10.2 Å². The first-order chi connectivity index (χ1) is 9.15. The molecule has 100 valence electrons. The molecule has 0 saturated heterocycles. The number of methoxy groups -OCH3 is 1. The quantitative estimate of drug-likeness (QED) is 0.664. The van der Waals surface area contributed by atoms with E-state index in [1.54, 1.807) is 38.4 Å². The van der Waals surface area contributed by atoms with Gasteiger partial charge >= 0.3 is 0 Å². The molecule has 0 bridgehead atoms. The molecule has 2 rings (SSSR count). The topological polar surface area (TPSA) is 105 Å². The van der Waals surface area contributed by atoms with Gasteiger partial charge in [-0.2, -0.15) is 5.10 Å². The zero-order chi connectivity index (χ0) is 13.8. The Morgan fingerprint density at radius 2 is 2.05 bits per heavy atom. The lowest BCUT2D eigenvalue weighted by molar-refractivity contribution is 0.102. The van der Waals surface area contributed by atoms with Crippen molar-refractivity contribution >= 4 is 23.2 Å². The van der Waals surface area contributed by atoms with Crippen LogP contribution in [0.25, 0.3) is 0 Å². The van der Waals surface area contributed by atoms with Gasteiger partial charge in [0, 0.05) is 12.7 Å². The molecule has 19 heavy (non-hydrogen) atoms. The van der Waals surface area contributed by atoms with Crippen molar-refractivity contribution in [2.75, 3.05) is 30.5 Å². The van der Waals surface area contributed by atoms with Gasteiger partial charge in [-0.1, -0.05) is 0 Å². The van der Waals surface area contributed by atoms with E-state index in [0.29, 0.717) is 17.1 Å². The minimum absolute atomic E-state index is 0.218. The molecule has 0 spiro atoms. The van der Waals surface area contributed by atoms with E-state index in [1.165, 1.54) is 0 Å². The van der Waals surface area contributed by atoms with E-state index >= 15 is 0 Å². The number of rotatable bonds is 4. The molecule has 0 aliphatic rings. The summed E-state index contributed by atoms with van der Waals surface area (Å²) < 4.78 is 5.04. The fourth-order valence-corrected chi connectivity index (χ4v) is 1.63.